The first-order valence-corrected chi connectivity index (χ1v) is 10.1. The predicted octanol–water partition coefficient (Wildman–Crippen LogP) is 3.51. The number of anilines is 2. The minimum atomic E-state index is -0.157. The van der Waals surface area contributed by atoms with Gasteiger partial charge in [-0.2, -0.15) is 0 Å². The van der Waals surface area contributed by atoms with Crippen LogP contribution in [-0.2, 0) is 47.6 Å². The summed E-state index contributed by atoms with van der Waals surface area (Å²) in [6.07, 6.45) is 0. The van der Waals surface area contributed by atoms with E-state index in [0.29, 0.717) is 0 Å². The van der Waals surface area contributed by atoms with Gasteiger partial charge in [0, 0.05) is 11.4 Å². The van der Waals surface area contributed by atoms with Gasteiger partial charge >= 0.3 is 22.4 Å². The van der Waals surface area contributed by atoms with E-state index in [4.69, 9.17) is 33.9 Å². The monoisotopic (exact) mass is 506 g/mol. The Morgan fingerprint density at radius 2 is 1.14 bits per heavy atom. The molecule has 2 aromatic rings. The van der Waals surface area contributed by atoms with E-state index in [2.05, 4.69) is 10.6 Å². The molecule has 154 valence electrons. The average molecular weight is 506 g/mol. The van der Waals surface area contributed by atoms with Crippen LogP contribution in [0.15, 0.2) is 48.5 Å². The Labute approximate surface area is 189 Å². The van der Waals surface area contributed by atoms with E-state index in [-0.39, 0.29) is 21.0 Å². The first-order chi connectivity index (χ1) is 12.9. The molecule has 0 atom stereocenters. The number of hydrogen-bond donors (Lipinski definition) is 3. The zero-order chi connectivity index (χ0) is 21.8. The molecule has 0 bridgehead atoms. The molecule has 0 unspecified atom stereocenters. The third kappa shape index (κ3) is 14.8. The number of rotatable bonds is 6. The molecule has 0 fully saturated rings. The Balaban J connectivity index is 0.000000478. The second-order valence-electron chi connectivity index (χ2n) is 7.30. The van der Waals surface area contributed by atoms with Gasteiger partial charge < -0.3 is 46.1 Å². The molecule has 0 saturated heterocycles. The van der Waals surface area contributed by atoms with Crippen LogP contribution in [0.1, 0.15) is 27.7 Å². The third-order valence-corrected chi connectivity index (χ3v) is 3.45. The summed E-state index contributed by atoms with van der Waals surface area (Å²) in [5.41, 5.74) is 1.92. The zero-order valence-corrected chi connectivity index (χ0v) is 20.0. The van der Waals surface area contributed by atoms with Gasteiger partial charge in [0.05, 0.1) is 0 Å². The number of hydrogen-bond acceptors (Lipinski definition) is 7. The molecular weight excluding hydrogens is 479 g/mol. The van der Waals surface area contributed by atoms with Crippen molar-refractivity contribution in [2.24, 2.45) is 0 Å². The van der Waals surface area contributed by atoms with E-state index in [9.17, 15) is 5.11 Å². The van der Waals surface area contributed by atoms with Gasteiger partial charge in [0.1, 0.15) is 5.75 Å². The molecule has 5 nitrogen and oxygen atoms in total. The number of phenols is 1. The van der Waals surface area contributed by atoms with Crippen molar-refractivity contribution >= 4 is 36.6 Å². The van der Waals surface area contributed by atoms with Crippen molar-refractivity contribution in [3.8, 4) is 11.5 Å². The van der Waals surface area contributed by atoms with Crippen LogP contribution in [0.25, 0.3) is 0 Å². The van der Waals surface area contributed by atoms with Crippen LogP contribution in [0.4, 0.5) is 11.4 Å². The molecule has 0 aromatic heterocycles. The van der Waals surface area contributed by atoms with Gasteiger partial charge in [-0.15, -0.1) is 15.2 Å². The van der Waals surface area contributed by atoms with E-state index in [1.807, 2.05) is 39.8 Å². The van der Waals surface area contributed by atoms with Gasteiger partial charge in [-0.05, 0) is 49.5 Å². The summed E-state index contributed by atoms with van der Waals surface area (Å²) in [5.74, 6) is 0.311. The Kier molecular flexibility index (Phi) is 12.5. The molecule has 0 aliphatic heterocycles. The molecule has 0 spiro atoms. The third-order valence-electron chi connectivity index (χ3n) is 3.16. The Morgan fingerprint density at radius 1 is 0.821 bits per heavy atom. The van der Waals surface area contributed by atoms with Gasteiger partial charge in [-0.25, -0.2) is 0 Å². The van der Waals surface area contributed by atoms with Gasteiger partial charge in [-0.3, -0.25) is 0 Å². The summed E-state index contributed by atoms with van der Waals surface area (Å²) in [4.78, 5) is 0. The van der Waals surface area contributed by atoms with Crippen LogP contribution in [-0.4, -0.2) is 27.7 Å². The summed E-state index contributed by atoms with van der Waals surface area (Å²) in [6, 6.07) is 13.6. The summed E-state index contributed by atoms with van der Waals surface area (Å²) in [5, 5.41) is 26.2. The van der Waals surface area contributed by atoms with Crippen LogP contribution in [0, 0.1) is 0 Å². The summed E-state index contributed by atoms with van der Waals surface area (Å²) in [6.45, 7) is 9.42. The molecule has 0 radical (unpaired) electrons. The van der Waals surface area contributed by atoms with E-state index < -0.39 is 0 Å². The van der Waals surface area contributed by atoms with Gasteiger partial charge in [0.2, 0.25) is 0 Å². The number of aromatic hydroxyl groups is 1. The number of phenolic OH excluding ortho intramolecular Hbond substituents is 1. The quantitative estimate of drug-likeness (QED) is 0.409. The first kappa shape index (κ1) is 26.8. The normalized spacial score (nSPS) is 10.6. The Bertz CT molecular complexity index is 610. The molecule has 8 heteroatoms. The molecular formula is C20H27N2O3S2Tc. The second-order valence-corrected chi connectivity index (χ2v) is 9.51. The average Bonchev–Trinajstić information content (AvgIpc) is 2.62. The van der Waals surface area contributed by atoms with Crippen molar-refractivity contribution in [2.45, 2.75) is 37.2 Å². The van der Waals surface area contributed by atoms with E-state index >= 15 is 0 Å². The summed E-state index contributed by atoms with van der Waals surface area (Å²) in [7, 11) is 0. The standard InChI is InChI=1S/2C10H15NOS.O.Tc/c2*1-10(2,13)7-11-8-3-5-9(12)6-4-8;;/h2*3-6,11-13H,7H2,1-2H3;;/q;;;+3/p-3/i;;;1+1. The number of nitrogens with one attached hydrogen (secondary N) is 2. The summed E-state index contributed by atoms with van der Waals surface area (Å²) < 4.78 is 7.92. The van der Waals surface area contributed by atoms with Crippen LogP contribution in [0.2, 0.25) is 0 Å². The fourth-order valence-electron chi connectivity index (χ4n) is 1.78. The molecule has 0 heterocycles. The Morgan fingerprint density at radius 3 is 1.46 bits per heavy atom. The van der Waals surface area contributed by atoms with Crippen molar-refractivity contribution in [3.63, 3.8) is 0 Å². The first-order valence-electron chi connectivity index (χ1n) is 8.55. The maximum absolute atomic E-state index is 10.8. The molecule has 0 aliphatic carbocycles. The summed E-state index contributed by atoms with van der Waals surface area (Å²) >= 11 is 11.3. The van der Waals surface area contributed by atoms with Crippen molar-refractivity contribution in [3.05, 3.63) is 48.5 Å². The van der Waals surface area contributed by atoms with E-state index in [0.717, 1.165) is 43.3 Å². The van der Waals surface area contributed by atoms with Gasteiger partial charge in [0.15, 0.2) is 0 Å². The molecule has 3 N–H and O–H groups in total. The zero-order valence-electron chi connectivity index (χ0n) is 16.5. The minimum absolute atomic E-state index is 0.0307. The van der Waals surface area contributed by atoms with Crippen molar-refractivity contribution in [2.75, 3.05) is 23.7 Å². The van der Waals surface area contributed by atoms with Crippen molar-refractivity contribution in [1.29, 1.82) is 0 Å². The van der Waals surface area contributed by atoms with E-state index in [1.165, 1.54) is 0 Å². The maximum atomic E-state index is 10.8. The SMILES string of the molecule is CC(C)([S-])CNc1ccc(O)cc1.CC(C)([S-])CNc1ccc([O-])cc1.[O]=[99Tc+3]. The van der Waals surface area contributed by atoms with Crippen LogP contribution >= 0.6 is 0 Å². The number of benzene rings is 2. The van der Waals surface area contributed by atoms with Crippen LogP contribution < -0.4 is 15.7 Å². The molecule has 2 aromatic carbocycles. The van der Waals surface area contributed by atoms with Crippen molar-refractivity contribution < 1.29 is 32.6 Å². The topological polar surface area (TPSA) is 84.4 Å². The van der Waals surface area contributed by atoms with Crippen LogP contribution in [0.3, 0.4) is 0 Å². The van der Waals surface area contributed by atoms with Gasteiger partial charge in [0.25, 0.3) is 0 Å². The van der Waals surface area contributed by atoms with E-state index in [1.54, 1.807) is 36.4 Å². The molecule has 2 rings (SSSR count). The van der Waals surface area contributed by atoms with Gasteiger partial charge in [-0.1, -0.05) is 39.8 Å². The Hall–Kier alpha value is -1.21. The van der Waals surface area contributed by atoms with Crippen LogP contribution in [0.5, 0.6) is 11.5 Å². The predicted molar refractivity (Wildman–Crippen MR) is 115 cm³/mol. The fourth-order valence-corrected chi connectivity index (χ4v) is 1.93. The van der Waals surface area contributed by atoms with Crippen molar-refractivity contribution in [1.82, 2.24) is 0 Å². The molecule has 0 saturated carbocycles. The molecule has 0 aliphatic rings. The second kappa shape index (κ2) is 13.1. The fraction of sp³-hybridized carbons (Fsp3) is 0.400. The molecule has 28 heavy (non-hydrogen) atoms. The molecule has 0 amide bonds.